The number of hydrogen-bond donors (Lipinski definition) is 0. The summed E-state index contributed by atoms with van der Waals surface area (Å²) in [6.45, 7) is 0. The molecule has 0 amide bonds. The van der Waals surface area contributed by atoms with Gasteiger partial charge < -0.3 is 0 Å². The molecule has 0 N–H and O–H groups in total. The summed E-state index contributed by atoms with van der Waals surface area (Å²) in [6, 6.07) is 9.18. The van der Waals surface area contributed by atoms with Crippen LogP contribution in [0.25, 0.3) is 11.1 Å². The Bertz CT molecular complexity index is 413. The third-order valence-electron chi connectivity index (χ3n) is 1.94. The third kappa shape index (κ3) is 1.68. The molecule has 1 aromatic heterocycles. The number of halogens is 2. The molecule has 0 aliphatic rings. The molecule has 2 rings (SSSR count). The van der Waals surface area contributed by atoms with Gasteiger partial charge in [-0.05, 0) is 17.7 Å². The second-order valence-corrected chi connectivity index (χ2v) is 3.69. The van der Waals surface area contributed by atoms with Crippen LogP contribution in [0.2, 0.25) is 0 Å². The normalized spacial score (nSPS) is 10.1. The van der Waals surface area contributed by atoms with Gasteiger partial charge in [0.15, 0.2) is 0 Å². The number of nitrogens with zero attached hydrogens (tertiary/aromatic N) is 1. The van der Waals surface area contributed by atoms with Gasteiger partial charge in [0, 0.05) is 16.2 Å². The zero-order chi connectivity index (χ0) is 9.97. The zero-order valence-electron chi connectivity index (χ0n) is 7.24. The monoisotopic (exact) mass is 251 g/mol. The Morgan fingerprint density at radius 2 is 1.86 bits per heavy atom. The van der Waals surface area contributed by atoms with E-state index in [4.69, 9.17) is 0 Å². The predicted octanol–water partition coefficient (Wildman–Crippen LogP) is 3.65. The van der Waals surface area contributed by atoms with E-state index in [-0.39, 0.29) is 5.82 Å². The summed E-state index contributed by atoms with van der Waals surface area (Å²) in [5.74, 6) is -0.306. The topological polar surface area (TPSA) is 12.9 Å². The molecule has 0 fully saturated rings. The second-order valence-electron chi connectivity index (χ2n) is 2.84. The summed E-state index contributed by atoms with van der Waals surface area (Å²) in [4.78, 5) is 3.71. The minimum absolute atomic E-state index is 0.306. The number of aromatic nitrogens is 1. The number of hydrogen-bond acceptors (Lipinski definition) is 1. The molecule has 2 aromatic rings. The molecule has 70 valence electrons. The Kier molecular flexibility index (Phi) is 2.59. The van der Waals surface area contributed by atoms with Gasteiger partial charge in [-0.1, -0.05) is 34.1 Å². The Morgan fingerprint density at radius 1 is 1.07 bits per heavy atom. The van der Waals surface area contributed by atoms with Crippen LogP contribution >= 0.6 is 15.9 Å². The van der Waals surface area contributed by atoms with Crippen molar-refractivity contribution < 1.29 is 4.39 Å². The van der Waals surface area contributed by atoms with Gasteiger partial charge in [-0.2, -0.15) is 0 Å². The van der Waals surface area contributed by atoms with Crippen molar-refractivity contribution in [3.63, 3.8) is 0 Å². The molecule has 3 heteroatoms. The summed E-state index contributed by atoms with van der Waals surface area (Å²) in [6.07, 6.45) is 2.80. The van der Waals surface area contributed by atoms with Crippen LogP contribution < -0.4 is 0 Å². The van der Waals surface area contributed by atoms with Crippen LogP contribution in [0.15, 0.2) is 47.2 Å². The highest BCUT2D eigenvalue weighted by Crippen LogP contribution is 2.28. The Balaban J connectivity index is 2.61. The lowest BCUT2D eigenvalue weighted by molar-refractivity contribution is 0.625. The van der Waals surface area contributed by atoms with Crippen LogP contribution in [0.5, 0.6) is 0 Å². The van der Waals surface area contributed by atoms with Crippen molar-refractivity contribution in [3.05, 3.63) is 53.0 Å². The van der Waals surface area contributed by atoms with Crippen LogP contribution in [-0.4, -0.2) is 4.98 Å². The molecular weight excluding hydrogens is 245 g/mol. The van der Waals surface area contributed by atoms with Crippen molar-refractivity contribution >= 4 is 15.9 Å². The van der Waals surface area contributed by atoms with Crippen molar-refractivity contribution in [2.45, 2.75) is 0 Å². The average molecular weight is 252 g/mol. The lowest BCUT2D eigenvalue weighted by Gasteiger charge is -2.04. The van der Waals surface area contributed by atoms with Gasteiger partial charge in [-0.15, -0.1) is 0 Å². The maximum atomic E-state index is 13.4. The number of benzene rings is 1. The maximum Gasteiger partial charge on any atom is 0.149 e. The molecule has 1 nitrogen and oxygen atoms in total. The van der Waals surface area contributed by atoms with E-state index >= 15 is 0 Å². The summed E-state index contributed by atoms with van der Waals surface area (Å²) >= 11 is 3.38. The minimum Gasteiger partial charge on any atom is -0.262 e. The maximum absolute atomic E-state index is 13.4. The predicted molar refractivity (Wildman–Crippen MR) is 57.3 cm³/mol. The van der Waals surface area contributed by atoms with Crippen molar-refractivity contribution in [2.75, 3.05) is 0 Å². The molecular formula is C11H7BrFN. The smallest absolute Gasteiger partial charge is 0.149 e. The van der Waals surface area contributed by atoms with E-state index in [1.54, 1.807) is 12.3 Å². The highest BCUT2D eigenvalue weighted by molar-refractivity contribution is 9.10. The van der Waals surface area contributed by atoms with Crippen molar-refractivity contribution in [3.8, 4) is 11.1 Å². The van der Waals surface area contributed by atoms with Crippen molar-refractivity contribution in [1.82, 2.24) is 4.98 Å². The third-order valence-corrected chi connectivity index (χ3v) is 2.63. The van der Waals surface area contributed by atoms with Crippen LogP contribution in [-0.2, 0) is 0 Å². The molecule has 14 heavy (non-hydrogen) atoms. The Hall–Kier alpha value is -1.22. The van der Waals surface area contributed by atoms with E-state index in [2.05, 4.69) is 20.9 Å². The molecule has 0 spiro atoms. The molecule has 0 atom stereocenters. The van der Waals surface area contributed by atoms with Crippen LogP contribution in [0.1, 0.15) is 0 Å². The van der Waals surface area contributed by atoms with Crippen LogP contribution in [0, 0.1) is 5.82 Å². The standard InChI is InChI=1S/C11H7BrFN/c12-10-4-2-1-3-8(10)9-5-6-14-7-11(9)13/h1-7H. The first-order valence-electron chi connectivity index (χ1n) is 4.13. The van der Waals surface area contributed by atoms with Crippen molar-refractivity contribution in [1.29, 1.82) is 0 Å². The second kappa shape index (κ2) is 3.88. The molecule has 0 saturated carbocycles. The quantitative estimate of drug-likeness (QED) is 0.754. The summed E-state index contributed by atoms with van der Waals surface area (Å²) in [7, 11) is 0. The summed E-state index contributed by atoms with van der Waals surface area (Å²) in [5.41, 5.74) is 1.40. The zero-order valence-corrected chi connectivity index (χ0v) is 8.83. The lowest BCUT2D eigenvalue weighted by Crippen LogP contribution is -1.86. The molecule has 0 radical (unpaired) electrons. The van der Waals surface area contributed by atoms with Gasteiger partial charge in [-0.25, -0.2) is 4.39 Å². The van der Waals surface area contributed by atoms with E-state index in [0.717, 1.165) is 10.0 Å². The number of rotatable bonds is 1. The van der Waals surface area contributed by atoms with E-state index in [1.807, 2.05) is 24.3 Å². The van der Waals surface area contributed by atoms with Crippen molar-refractivity contribution in [2.24, 2.45) is 0 Å². The molecule has 0 aliphatic carbocycles. The van der Waals surface area contributed by atoms with Gasteiger partial charge in [-0.3, -0.25) is 4.98 Å². The molecule has 0 unspecified atom stereocenters. The van der Waals surface area contributed by atoms with Crippen LogP contribution in [0.3, 0.4) is 0 Å². The number of pyridine rings is 1. The average Bonchev–Trinajstić information content (AvgIpc) is 2.20. The highest BCUT2D eigenvalue weighted by Gasteiger charge is 2.06. The van der Waals surface area contributed by atoms with E-state index in [1.165, 1.54) is 6.20 Å². The molecule has 1 aromatic carbocycles. The fraction of sp³-hybridized carbons (Fsp3) is 0. The van der Waals surface area contributed by atoms with E-state index < -0.39 is 0 Å². The first kappa shape index (κ1) is 9.34. The SMILES string of the molecule is Fc1cnccc1-c1ccccc1Br. The fourth-order valence-electron chi connectivity index (χ4n) is 1.27. The van der Waals surface area contributed by atoms with Crippen LogP contribution in [0.4, 0.5) is 4.39 Å². The molecule has 0 bridgehead atoms. The van der Waals surface area contributed by atoms with Gasteiger partial charge in [0.05, 0.1) is 6.20 Å². The molecule has 0 saturated heterocycles. The van der Waals surface area contributed by atoms with Gasteiger partial charge >= 0.3 is 0 Å². The first-order chi connectivity index (χ1) is 6.79. The summed E-state index contributed by atoms with van der Waals surface area (Å²) in [5, 5.41) is 0. The first-order valence-corrected chi connectivity index (χ1v) is 4.93. The highest BCUT2D eigenvalue weighted by atomic mass is 79.9. The minimum atomic E-state index is -0.306. The Morgan fingerprint density at radius 3 is 2.57 bits per heavy atom. The molecule has 0 aliphatic heterocycles. The van der Waals surface area contributed by atoms with E-state index in [9.17, 15) is 4.39 Å². The molecule has 1 heterocycles. The largest absolute Gasteiger partial charge is 0.262 e. The van der Waals surface area contributed by atoms with Gasteiger partial charge in [0.25, 0.3) is 0 Å². The van der Waals surface area contributed by atoms with E-state index in [0.29, 0.717) is 5.56 Å². The fourth-order valence-corrected chi connectivity index (χ4v) is 1.77. The lowest BCUT2D eigenvalue weighted by atomic mass is 10.1. The van der Waals surface area contributed by atoms with Gasteiger partial charge in [0.2, 0.25) is 0 Å². The summed E-state index contributed by atoms with van der Waals surface area (Å²) < 4.78 is 14.3. The Labute approximate surface area is 89.7 Å². The van der Waals surface area contributed by atoms with Gasteiger partial charge in [0.1, 0.15) is 5.82 Å².